The van der Waals surface area contributed by atoms with Gasteiger partial charge in [-0.2, -0.15) is 0 Å². The number of aliphatic hydroxyl groups excluding tert-OH is 1. The summed E-state index contributed by atoms with van der Waals surface area (Å²) in [5.74, 6) is -1.89. The molecular weight excluding hydrogens is 222 g/mol. The second kappa shape index (κ2) is 6.00. The Bertz CT molecular complexity index is 290. The van der Waals surface area contributed by atoms with Gasteiger partial charge >= 0.3 is 5.97 Å². The number of carbonyl (C=O) groups excluding carboxylic acids is 1. The topological polar surface area (TPSA) is 77.8 Å². The molecule has 1 amide bonds. The number of aliphatic carboxylic acids is 1. The SMILES string of the molecule is CC(O)CCN(C)C(=O)[C@@H]1CCC[C@@H]1C(=O)O. The zero-order chi connectivity index (χ0) is 13.0. The zero-order valence-electron chi connectivity index (χ0n) is 10.4. The number of carboxylic acids is 1. The first-order valence-corrected chi connectivity index (χ1v) is 6.09. The van der Waals surface area contributed by atoms with Crippen LogP contribution in [-0.2, 0) is 9.59 Å². The van der Waals surface area contributed by atoms with Crippen LogP contribution in [0.15, 0.2) is 0 Å². The van der Waals surface area contributed by atoms with Gasteiger partial charge in [0, 0.05) is 13.6 Å². The molecule has 1 aliphatic carbocycles. The molecule has 0 radical (unpaired) electrons. The number of amides is 1. The van der Waals surface area contributed by atoms with E-state index in [-0.39, 0.29) is 11.8 Å². The van der Waals surface area contributed by atoms with Crippen LogP contribution in [0, 0.1) is 11.8 Å². The van der Waals surface area contributed by atoms with E-state index in [1.807, 2.05) is 0 Å². The van der Waals surface area contributed by atoms with Gasteiger partial charge in [0.15, 0.2) is 0 Å². The molecule has 17 heavy (non-hydrogen) atoms. The molecule has 5 heteroatoms. The lowest BCUT2D eigenvalue weighted by atomic mass is 9.95. The molecule has 0 spiro atoms. The third-order valence-electron chi connectivity index (χ3n) is 3.41. The van der Waals surface area contributed by atoms with Crippen molar-refractivity contribution in [1.82, 2.24) is 4.90 Å². The van der Waals surface area contributed by atoms with Gasteiger partial charge in [-0.3, -0.25) is 9.59 Å². The Morgan fingerprint density at radius 1 is 1.35 bits per heavy atom. The lowest BCUT2D eigenvalue weighted by Crippen LogP contribution is -2.38. The first kappa shape index (κ1) is 14.0. The third kappa shape index (κ3) is 3.70. The lowest BCUT2D eigenvalue weighted by molar-refractivity contribution is -0.148. The molecule has 0 saturated heterocycles. The minimum absolute atomic E-state index is 0.101. The molecular formula is C12H21NO4. The highest BCUT2D eigenvalue weighted by molar-refractivity contribution is 5.85. The average molecular weight is 243 g/mol. The van der Waals surface area contributed by atoms with Gasteiger partial charge in [0.05, 0.1) is 17.9 Å². The fourth-order valence-corrected chi connectivity index (χ4v) is 2.32. The van der Waals surface area contributed by atoms with E-state index in [0.29, 0.717) is 25.8 Å². The number of nitrogens with zero attached hydrogens (tertiary/aromatic N) is 1. The number of hydrogen-bond donors (Lipinski definition) is 2. The number of rotatable bonds is 5. The molecule has 0 aromatic rings. The van der Waals surface area contributed by atoms with Gasteiger partial charge in [0.1, 0.15) is 0 Å². The lowest BCUT2D eigenvalue weighted by Gasteiger charge is -2.23. The average Bonchev–Trinajstić information content (AvgIpc) is 2.73. The smallest absolute Gasteiger partial charge is 0.307 e. The van der Waals surface area contributed by atoms with E-state index in [1.54, 1.807) is 18.9 Å². The Balaban J connectivity index is 2.53. The summed E-state index contributed by atoms with van der Waals surface area (Å²) in [5.41, 5.74) is 0. The molecule has 98 valence electrons. The molecule has 1 saturated carbocycles. The molecule has 3 atom stereocenters. The minimum Gasteiger partial charge on any atom is -0.481 e. The summed E-state index contributed by atoms with van der Waals surface area (Å²) in [6, 6.07) is 0. The van der Waals surface area contributed by atoms with E-state index in [2.05, 4.69) is 0 Å². The molecule has 1 rings (SSSR count). The molecule has 1 fully saturated rings. The summed E-state index contributed by atoms with van der Waals surface area (Å²) >= 11 is 0. The Kier molecular flexibility index (Phi) is 4.93. The van der Waals surface area contributed by atoms with E-state index in [9.17, 15) is 9.59 Å². The number of carbonyl (C=O) groups is 2. The normalized spacial score (nSPS) is 25.6. The maximum atomic E-state index is 12.1. The molecule has 0 heterocycles. The number of carboxylic acid groups (broad SMARTS) is 1. The molecule has 0 aromatic carbocycles. The van der Waals surface area contributed by atoms with Crippen molar-refractivity contribution >= 4 is 11.9 Å². The van der Waals surface area contributed by atoms with Crippen LogP contribution >= 0.6 is 0 Å². The molecule has 2 N–H and O–H groups in total. The summed E-state index contributed by atoms with van der Waals surface area (Å²) in [5, 5.41) is 18.2. The zero-order valence-corrected chi connectivity index (χ0v) is 10.4. The standard InChI is InChI=1S/C12H21NO4/c1-8(14)6-7-13(2)11(15)9-4-3-5-10(9)12(16)17/h8-10,14H,3-7H2,1-2H3,(H,16,17)/t8?,9-,10+/m1/s1. The fourth-order valence-electron chi connectivity index (χ4n) is 2.32. The number of aliphatic hydroxyl groups is 1. The highest BCUT2D eigenvalue weighted by atomic mass is 16.4. The van der Waals surface area contributed by atoms with Crippen molar-refractivity contribution in [1.29, 1.82) is 0 Å². The summed E-state index contributed by atoms with van der Waals surface area (Å²) in [6.45, 7) is 2.15. The highest BCUT2D eigenvalue weighted by Gasteiger charge is 2.38. The summed E-state index contributed by atoms with van der Waals surface area (Å²) in [4.78, 5) is 24.6. The van der Waals surface area contributed by atoms with Crippen LogP contribution in [0.25, 0.3) is 0 Å². The van der Waals surface area contributed by atoms with Crippen molar-refractivity contribution in [2.24, 2.45) is 11.8 Å². The van der Waals surface area contributed by atoms with Gasteiger partial charge < -0.3 is 15.1 Å². The largest absolute Gasteiger partial charge is 0.481 e. The second-order valence-corrected chi connectivity index (χ2v) is 4.88. The third-order valence-corrected chi connectivity index (χ3v) is 3.41. The van der Waals surface area contributed by atoms with E-state index in [0.717, 1.165) is 6.42 Å². The van der Waals surface area contributed by atoms with Gasteiger partial charge in [-0.05, 0) is 26.2 Å². The number of hydrogen-bond acceptors (Lipinski definition) is 3. The maximum absolute atomic E-state index is 12.1. The van der Waals surface area contributed by atoms with Gasteiger partial charge in [-0.1, -0.05) is 6.42 Å². The van der Waals surface area contributed by atoms with Crippen molar-refractivity contribution in [2.45, 2.75) is 38.7 Å². The maximum Gasteiger partial charge on any atom is 0.307 e. The molecule has 0 aliphatic heterocycles. The van der Waals surface area contributed by atoms with Crippen LogP contribution in [0.1, 0.15) is 32.6 Å². The van der Waals surface area contributed by atoms with Crippen LogP contribution < -0.4 is 0 Å². The Morgan fingerprint density at radius 2 is 1.94 bits per heavy atom. The fraction of sp³-hybridized carbons (Fsp3) is 0.833. The summed E-state index contributed by atoms with van der Waals surface area (Å²) in [6.07, 6.45) is 2.14. The van der Waals surface area contributed by atoms with E-state index in [4.69, 9.17) is 10.2 Å². The Hall–Kier alpha value is -1.10. The van der Waals surface area contributed by atoms with Crippen LogP contribution in [-0.4, -0.2) is 46.7 Å². The van der Waals surface area contributed by atoms with E-state index < -0.39 is 18.0 Å². The molecule has 1 aliphatic rings. The van der Waals surface area contributed by atoms with Gasteiger partial charge in [-0.25, -0.2) is 0 Å². The molecule has 0 bridgehead atoms. The van der Waals surface area contributed by atoms with E-state index >= 15 is 0 Å². The van der Waals surface area contributed by atoms with Crippen molar-refractivity contribution in [3.8, 4) is 0 Å². The Labute approximate surface area is 101 Å². The van der Waals surface area contributed by atoms with Crippen LogP contribution in [0.3, 0.4) is 0 Å². The molecule has 1 unspecified atom stereocenters. The molecule has 5 nitrogen and oxygen atoms in total. The van der Waals surface area contributed by atoms with Crippen LogP contribution in [0.5, 0.6) is 0 Å². The van der Waals surface area contributed by atoms with Crippen molar-refractivity contribution in [2.75, 3.05) is 13.6 Å². The van der Waals surface area contributed by atoms with Crippen molar-refractivity contribution in [3.63, 3.8) is 0 Å². The van der Waals surface area contributed by atoms with Crippen molar-refractivity contribution in [3.05, 3.63) is 0 Å². The van der Waals surface area contributed by atoms with Gasteiger partial charge in [-0.15, -0.1) is 0 Å². The predicted octanol–water partition coefficient (Wildman–Crippen LogP) is 0.717. The van der Waals surface area contributed by atoms with Crippen molar-refractivity contribution < 1.29 is 19.8 Å². The second-order valence-electron chi connectivity index (χ2n) is 4.88. The van der Waals surface area contributed by atoms with E-state index in [1.165, 1.54) is 0 Å². The molecule has 0 aromatic heterocycles. The van der Waals surface area contributed by atoms with Crippen LogP contribution in [0.4, 0.5) is 0 Å². The summed E-state index contributed by atoms with van der Waals surface area (Å²) in [7, 11) is 1.67. The van der Waals surface area contributed by atoms with Gasteiger partial charge in [0.25, 0.3) is 0 Å². The monoisotopic (exact) mass is 243 g/mol. The van der Waals surface area contributed by atoms with Crippen LogP contribution in [0.2, 0.25) is 0 Å². The first-order valence-electron chi connectivity index (χ1n) is 6.09. The van der Waals surface area contributed by atoms with Gasteiger partial charge in [0.2, 0.25) is 5.91 Å². The summed E-state index contributed by atoms with van der Waals surface area (Å²) < 4.78 is 0. The first-order chi connectivity index (χ1) is 7.93. The highest BCUT2D eigenvalue weighted by Crippen LogP contribution is 2.33. The Morgan fingerprint density at radius 3 is 2.47 bits per heavy atom. The quantitative estimate of drug-likeness (QED) is 0.745. The minimum atomic E-state index is -0.871. The predicted molar refractivity (Wildman–Crippen MR) is 62.4 cm³/mol.